The topological polar surface area (TPSA) is 71.7 Å². The van der Waals surface area contributed by atoms with Crippen molar-refractivity contribution in [3.05, 3.63) is 28.7 Å². The minimum Gasteiger partial charge on any atom is -0.423 e. The molecule has 0 saturated carbocycles. The van der Waals surface area contributed by atoms with Gasteiger partial charge in [-0.1, -0.05) is 0 Å². The molecule has 1 atom stereocenters. The minimum atomic E-state index is -1.59. The normalized spacial score (nSPS) is 20.5. The fraction of sp³-hybridized carbons (Fsp3) is 0.444. The van der Waals surface area contributed by atoms with Gasteiger partial charge in [-0.2, -0.15) is 0 Å². The summed E-state index contributed by atoms with van der Waals surface area (Å²) in [4.78, 5) is 11.6. The first-order valence-electron chi connectivity index (χ1n) is 4.84. The Hall–Kier alpha value is -1.11. The van der Waals surface area contributed by atoms with E-state index in [-0.39, 0.29) is 17.1 Å². The number of nitrogens with zero attached hydrogens (tertiary/aromatic N) is 1. The number of aromatic nitrogens is 1. The zero-order valence-electron chi connectivity index (χ0n) is 8.17. The van der Waals surface area contributed by atoms with Gasteiger partial charge in [0, 0.05) is 18.9 Å². The Morgan fingerprint density at radius 3 is 2.87 bits per heavy atom. The highest BCUT2D eigenvalue weighted by Gasteiger charge is 2.19. The molecular formula is C9H12BNO4. The fourth-order valence-corrected chi connectivity index (χ4v) is 1.71. The van der Waals surface area contributed by atoms with Crippen molar-refractivity contribution in [3.8, 4) is 0 Å². The van der Waals surface area contributed by atoms with E-state index in [1.807, 2.05) is 0 Å². The van der Waals surface area contributed by atoms with Gasteiger partial charge in [0.05, 0.1) is 12.6 Å². The molecule has 0 aliphatic carbocycles. The molecule has 1 saturated heterocycles. The summed E-state index contributed by atoms with van der Waals surface area (Å²) in [7, 11) is -1.59. The largest absolute Gasteiger partial charge is 0.488 e. The van der Waals surface area contributed by atoms with Gasteiger partial charge in [-0.25, -0.2) is 0 Å². The van der Waals surface area contributed by atoms with E-state index in [2.05, 4.69) is 0 Å². The van der Waals surface area contributed by atoms with Crippen molar-refractivity contribution < 1.29 is 14.8 Å². The highest BCUT2D eigenvalue weighted by Crippen LogP contribution is 2.15. The molecule has 1 unspecified atom stereocenters. The second-order valence-corrected chi connectivity index (χ2v) is 3.60. The van der Waals surface area contributed by atoms with Gasteiger partial charge in [-0.3, -0.25) is 4.79 Å². The molecule has 2 N–H and O–H groups in total. The summed E-state index contributed by atoms with van der Waals surface area (Å²) in [5.74, 6) is 0. The van der Waals surface area contributed by atoms with Crippen molar-refractivity contribution in [2.45, 2.75) is 12.5 Å². The molecule has 2 heterocycles. The third-order valence-electron chi connectivity index (χ3n) is 2.57. The third kappa shape index (κ3) is 2.12. The van der Waals surface area contributed by atoms with E-state index in [0.717, 1.165) is 6.42 Å². The van der Waals surface area contributed by atoms with Crippen LogP contribution in [0.2, 0.25) is 0 Å². The second kappa shape index (κ2) is 4.18. The van der Waals surface area contributed by atoms with Gasteiger partial charge in [-0.15, -0.1) is 0 Å². The summed E-state index contributed by atoms with van der Waals surface area (Å²) in [5.41, 5.74) is -0.00809. The summed E-state index contributed by atoms with van der Waals surface area (Å²) >= 11 is 0. The van der Waals surface area contributed by atoms with E-state index in [1.54, 1.807) is 10.8 Å². The van der Waals surface area contributed by atoms with Crippen LogP contribution in [-0.4, -0.2) is 34.9 Å². The van der Waals surface area contributed by atoms with Crippen molar-refractivity contribution in [3.63, 3.8) is 0 Å². The van der Waals surface area contributed by atoms with Crippen molar-refractivity contribution in [2.24, 2.45) is 0 Å². The molecule has 0 aromatic carbocycles. The maximum Gasteiger partial charge on any atom is 0.488 e. The smallest absolute Gasteiger partial charge is 0.423 e. The molecule has 0 amide bonds. The molecular weight excluding hydrogens is 197 g/mol. The Labute approximate surface area is 87.1 Å². The lowest BCUT2D eigenvalue weighted by atomic mass is 9.81. The molecule has 80 valence electrons. The number of pyridine rings is 1. The highest BCUT2D eigenvalue weighted by atomic mass is 16.5. The Balaban J connectivity index is 2.30. The highest BCUT2D eigenvalue weighted by molar-refractivity contribution is 6.58. The van der Waals surface area contributed by atoms with Gasteiger partial charge >= 0.3 is 7.12 Å². The molecule has 1 aromatic rings. The first-order chi connectivity index (χ1) is 7.18. The first-order valence-corrected chi connectivity index (χ1v) is 4.84. The van der Waals surface area contributed by atoms with Gasteiger partial charge < -0.3 is 19.4 Å². The summed E-state index contributed by atoms with van der Waals surface area (Å²) in [6.07, 6.45) is 2.40. The van der Waals surface area contributed by atoms with Gasteiger partial charge in [0.25, 0.3) is 0 Å². The van der Waals surface area contributed by atoms with E-state index in [4.69, 9.17) is 14.8 Å². The standard InChI is InChI=1S/C9H12BNO4/c12-9-5-7(10(13)14)1-3-11(9)8-2-4-15-6-8/h1,3,5,8,13-14H,2,4,6H2. The molecule has 1 aliphatic rings. The third-order valence-corrected chi connectivity index (χ3v) is 2.57. The fourth-order valence-electron chi connectivity index (χ4n) is 1.71. The number of rotatable bonds is 2. The predicted molar refractivity (Wildman–Crippen MR) is 55.0 cm³/mol. The molecule has 6 heteroatoms. The summed E-state index contributed by atoms with van der Waals surface area (Å²) in [6, 6.07) is 2.84. The molecule has 0 bridgehead atoms. The van der Waals surface area contributed by atoms with Gasteiger partial charge in [0.15, 0.2) is 0 Å². The molecule has 2 rings (SSSR count). The molecule has 0 radical (unpaired) electrons. The van der Waals surface area contributed by atoms with Crippen molar-refractivity contribution in [1.29, 1.82) is 0 Å². The molecule has 1 fully saturated rings. The Morgan fingerprint density at radius 1 is 1.53 bits per heavy atom. The van der Waals surface area contributed by atoms with Crippen LogP contribution in [0.25, 0.3) is 0 Å². The van der Waals surface area contributed by atoms with E-state index in [1.165, 1.54) is 12.1 Å². The molecule has 1 aliphatic heterocycles. The maximum atomic E-state index is 11.6. The Bertz CT molecular complexity index is 397. The lowest BCUT2D eigenvalue weighted by molar-refractivity contribution is 0.186. The number of hydrogen-bond acceptors (Lipinski definition) is 4. The van der Waals surface area contributed by atoms with Crippen molar-refractivity contribution in [2.75, 3.05) is 13.2 Å². The Morgan fingerprint density at radius 2 is 2.33 bits per heavy atom. The SMILES string of the molecule is O=c1cc(B(O)O)ccn1C1CCOC1. The lowest BCUT2D eigenvalue weighted by Crippen LogP contribution is -2.36. The van der Waals surface area contributed by atoms with Crippen LogP contribution in [-0.2, 0) is 4.74 Å². The van der Waals surface area contributed by atoms with E-state index in [9.17, 15) is 4.79 Å². The summed E-state index contributed by atoms with van der Waals surface area (Å²) in [6.45, 7) is 1.21. The van der Waals surface area contributed by atoms with Crippen molar-refractivity contribution in [1.82, 2.24) is 4.57 Å². The van der Waals surface area contributed by atoms with Crippen LogP contribution in [0.4, 0.5) is 0 Å². The second-order valence-electron chi connectivity index (χ2n) is 3.60. The van der Waals surface area contributed by atoms with E-state index < -0.39 is 7.12 Å². The minimum absolute atomic E-state index is 0.0717. The van der Waals surface area contributed by atoms with Crippen LogP contribution >= 0.6 is 0 Å². The predicted octanol–water partition coefficient (Wildman–Crippen LogP) is -1.51. The molecule has 5 nitrogen and oxygen atoms in total. The first kappa shape index (κ1) is 10.4. The number of ether oxygens (including phenoxy) is 1. The quantitative estimate of drug-likeness (QED) is 0.581. The zero-order chi connectivity index (χ0) is 10.8. The zero-order valence-corrected chi connectivity index (χ0v) is 8.17. The maximum absolute atomic E-state index is 11.6. The monoisotopic (exact) mass is 209 g/mol. The van der Waals surface area contributed by atoms with E-state index in [0.29, 0.717) is 13.2 Å². The van der Waals surface area contributed by atoms with Crippen LogP contribution in [0.3, 0.4) is 0 Å². The van der Waals surface area contributed by atoms with Crippen LogP contribution in [0.1, 0.15) is 12.5 Å². The molecule has 0 spiro atoms. The van der Waals surface area contributed by atoms with Gasteiger partial charge in [0.2, 0.25) is 5.56 Å². The summed E-state index contributed by atoms with van der Waals surface area (Å²) < 4.78 is 6.75. The van der Waals surface area contributed by atoms with Crippen LogP contribution in [0.5, 0.6) is 0 Å². The summed E-state index contributed by atoms with van der Waals surface area (Å²) in [5, 5.41) is 17.8. The van der Waals surface area contributed by atoms with Gasteiger partial charge in [-0.05, 0) is 17.9 Å². The Kier molecular flexibility index (Phi) is 2.90. The number of hydrogen-bond donors (Lipinski definition) is 2. The van der Waals surface area contributed by atoms with Gasteiger partial charge in [0.1, 0.15) is 0 Å². The lowest BCUT2D eigenvalue weighted by Gasteiger charge is -2.12. The van der Waals surface area contributed by atoms with Crippen molar-refractivity contribution >= 4 is 12.6 Å². The van der Waals surface area contributed by atoms with E-state index >= 15 is 0 Å². The molecule has 15 heavy (non-hydrogen) atoms. The molecule has 1 aromatic heterocycles. The average Bonchev–Trinajstić information content (AvgIpc) is 2.70. The van der Waals surface area contributed by atoms with Crippen LogP contribution in [0.15, 0.2) is 23.1 Å². The van der Waals surface area contributed by atoms with Crippen LogP contribution in [0, 0.1) is 0 Å². The average molecular weight is 209 g/mol. The van der Waals surface area contributed by atoms with Crippen LogP contribution < -0.4 is 11.0 Å².